The van der Waals surface area contributed by atoms with E-state index in [1.165, 1.54) is 6.07 Å². The number of carbonyl (C=O) groups is 3. The van der Waals surface area contributed by atoms with Crippen LogP contribution in [0.3, 0.4) is 0 Å². The van der Waals surface area contributed by atoms with E-state index < -0.39 is 17.0 Å². The molecule has 2 heterocycles. The van der Waals surface area contributed by atoms with E-state index in [1.54, 1.807) is 53.4 Å². The highest BCUT2D eigenvalue weighted by Crippen LogP contribution is 2.33. The highest BCUT2D eigenvalue weighted by atomic mass is 32.2. The summed E-state index contributed by atoms with van der Waals surface area (Å²) in [4.78, 5) is 41.2. The molecular formula is C24H23FN2O4S. The van der Waals surface area contributed by atoms with Gasteiger partial charge in [0.25, 0.3) is 17.1 Å². The largest absolute Gasteiger partial charge is 0.372 e. The molecule has 2 fully saturated rings. The Morgan fingerprint density at radius 1 is 1.12 bits per heavy atom. The molecule has 0 spiro atoms. The number of carbonyl (C=O) groups excluding carboxylic acids is 3. The Balaban J connectivity index is 1.52. The Labute approximate surface area is 190 Å². The van der Waals surface area contributed by atoms with Crippen LogP contribution in [-0.2, 0) is 16.1 Å². The first-order valence-corrected chi connectivity index (χ1v) is 11.2. The standard InChI is InChI=1S/C24H23FN2O4S/c1-15-12-26(13-16(2)31-15)22(28)18-8-5-6-17(10-18)11-21-23(29)27(24(30)32-21)14-19-7-3-4-9-20(19)25/h3-11,15-16H,12-14H2,1-2H3/b21-11-/t15-,16+. The van der Waals surface area contributed by atoms with E-state index in [1.807, 2.05) is 13.8 Å². The van der Waals surface area contributed by atoms with Gasteiger partial charge in [0.15, 0.2) is 0 Å². The molecule has 2 atom stereocenters. The Bertz CT molecular complexity index is 1090. The van der Waals surface area contributed by atoms with Crippen molar-refractivity contribution in [2.45, 2.75) is 32.6 Å². The fourth-order valence-electron chi connectivity index (χ4n) is 3.87. The Morgan fingerprint density at radius 2 is 1.84 bits per heavy atom. The molecular weight excluding hydrogens is 431 g/mol. The molecule has 0 aliphatic carbocycles. The molecule has 2 aliphatic heterocycles. The zero-order valence-electron chi connectivity index (χ0n) is 17.8. The van der Waals surface area contributed by atoms with Gasteiger partial charge in [-0.1, -0.05) is 30.3 Å². The van der Waals surface area contributed by atoms with Crippen LogP contribution in [0.2, 0.25) is 0 Å². The third kappa shape index (κ3) is 4.76. The highest BCUT2D eigenvalue weighted by Gasteiger charge is 2.35. The lowest BCUT2D eigenvalue weighted by Gasteiger charge is -2.35. The lowest BCUT2D eigenvalue weighted by Crippen LogP contribution is -2.48. The molecule has 6 nitrogen and oxygen atoms in total. The first-order chi connectivity index (χ1) is 15.3. The monoisotopic (exact) mass is 454 g/mol. The average molecular weight is 455 g/mol. The molecule has 3 amide bonds. The van der Waals surface area contributed by atoms with Gasteiger partial charge < -0.3 is 9.64 Å². The molecule has 166 valence electrons. The molecule has 4 rings (SSSR count). The molecule has 0 aromatic heterocycles. The lowest BCUT2D eigenvalue weighted by molar-refractivity contribution is -0.123. The van der Waals surface area contributed by atoms with E-state index >= 15 is 0 Å². The maximum absolute atomic E-state index is 13.9. The number of ether oxygens (including phenoxy) is 1. The van der Waals surface area contributed by atoms with Crippen LogP contribution < -0.4 is 0 Å². The van der Waals surface area contributed by atoms with Crippen LogP contribution in [-0.4, -0.2) is 52.2 Å². The van der Waals surface area contributed by atoms with Crippen molar-refractivity contribution in [2.24, 2.45) is 0 Å². The minimum atomic E-state index is -0.476. The van der Waals surface area contributed by atoms with Gasteiger partial charge >= 0.3 is 0 Å². The van der Waals surface area contributed by atoms with Gasteiger partial charge in [0.1, 0.15) is 5.82 Å². The predicted molar refractivity (Wildman–Crippen MR) is 120 cm³/mol. The number of halogens is 1. The molecule has 0 saturated carbocycles. The second-order valence-electron chi connectivity index (χ2n) is 7.95. The van der Waals surface area contributed by atoms with Crippen LogP contribution in [0.1, 0.15) is 35.3 Å². The quantitative estimate of drug-likeness (QED) is 0.644. The number of imide groups is 1. The fourth-order valence-corrected chi connectivity index (χ4v) is 4.71. The molecule has 2 aromatic carbocycles. The number of rotatable bonds is 4. The van der Waals surface area contributed by atoms with Gasteiger partial charge in [-0.25, -0.2) is 4.39 Å². The van der Waals surface area contributed by atoms with E-state index in [9.17, 15) is 18.8 Å². The lowest BCUT2D eigenvalue weighted by atomic mass is 10.1. The van der Waals surface area contributed by atoms with Gasteiger partial charge in [0.2, 0.25) is 0 Å². The van der Waals surface area contributed by atoms with Crippen molar-refractivity contribution in [3.63, 3.8) is 0 Å². The Kier molecular flexibility index (Phi) is 6.43. The maximum Gasteiger partial charge on any atom is 0.293 e. The van der Waals surface area contributed by atoms with Crippen molar-refractivity contribution in [2.75, 3.05) is 13.1 Å². The van der Waals surface area contributed by atoms with E-state index in [4.69, 9.17) is 4.74 Å². The minimum Gasteiger partial charge on any atom is -0.372 e. The summed E-state index contributed by atoms with van der Waals surface area (Å²) in [5.41, 5.74) is 1.42. The molecule has 8 heteroatoms. The number of amides is 3. The minimum absolute atomic E-state index is 0.0352. The van der Waals surface area contributed by atoms with Crippen LogP contribution in [0, 0.1) is 5.82 Å². The van der Waals surface area contributed by atoms with E-state index in [-0.39, 0.29) is 35.1 Å². The van der Waals surface area contributed by atoms with Gasteiger partial charge in [0, 0.05) is 24.2 Å². The van der Waals surface area contributed by atoms with Crippen LogP contribution in [0.15, 0.2) is 53.4 Å². The molecule has 32 heavy (non-hydrogen) atoms. The number of hydrogen-bond acceptors (Lipinski definition) is 5. The van der Waals surface area contributed by atoms with Gasteiger partial charge in [-0.15, -0.1) is 0 Å². The first kappa shape index (κ1) is 22.2. The average Bonchev–Trinajstić information content (AvgIpc) is 3.01. The number of nitrogens with zero attached hydrogens (tertiary/aromatic N) is 2. The second kappa shape index (κ2) is 9.26. The van der Waals surface area contributed by atoms with Crippen molar-refractivity contribution in [1.82, 2.24) is 9.80 Å². The third-order valence-corrected chi connectivity index (χ3v) is 6.21. The van der Waals surface area contributed by atoms with Crippen molar-refractivity contribution in [3.05, 3.63) is 75.9 Å². The van der Waals surface area contributed by atoms with Gasteiger partial charge in [-0.3, -0.25) is 19.3 Å². The van der Waals surface area contributed by atoms with Crippen LogP contribution in [0.25, 0.3) is 6.08 Å². The molecule has 2 aromatic rings. The van der Waals surface area contributed by atoms with Gasteiger partial charge in [-0.2, -0.15) is 0 Å². The normalized spacial score (nSPS) is 22.7. The maximum atomic E-state index is 13.9. The number of morpholine rings is 1. The summed E-state index contributed by atoms with van der Waals surface area (Å²) in [6.07, 6.45) is 1.52. The second-order valence-corrected chi connectivity index (χ2v) is 8.95. The van der Waals surface area contributed by atoms with Crippen LogP contribution in [0.5, 0.6) is 0 Å². The molecule has 0 radical (unpaired) electrons. The van der Waals surface area contributed by atoms with Crippen molar-refractivity contribution in [1.29, 1.82) is 0 Å². The first-order valence-electron chi connectivity index (χ1n) is 10.4. The van der Waals surface area contributed by atoms with E-state index in [0.29, 0.717) is 24.2 Å². The van der Waals surface area contributed by atoms with Crippen LogP contribution >= 0.6 is 11.8 Å². The topological polar surface area (TPSA) is 66.9 Å². The zero-order valence-corrected chi connectivity index (χ0v) is 18.6. The number of hydrogen-bond donors (Lipinski definition) is 0. The molecule has 2 saturated heterocycles. The van der Waals surface area contributed by atoms with Crippen molar-refractivity contribution in [3.8, 4) is 0 Å². The fraction of sp³-hybridized carbons (Fsp3) is 0.292. The number of thioether (sulfide) groups is 1. The van der Waals surface area contributed by atoms with E-state index in [2.05, 4.69) is 0 Å². The third-order valence-electron chi connectivity index (χ3n) is 5.30. The smallest absolute Gasteiger partial charge is 0.293 e. The summed E-state index contributed by atoms with van der Waals surface area (Å²) >= 11 is 0.809. The summed E-state index contributed by atoms with van der Waals surface area (Å²) in [5.74, 6) is -1.04. The zero-order chi connectivity index (χ0) is 22.8. The molecule has 0 N–H and O–H groups in total. The summed E-state index contributed by atoms with van der Waals surface area (Å²) < 4.78 is 19.6. The number of benzene rings is 2. The predicted octanol–water partition coefficient (Wildman–Crippen LogP) is 4.31. The molecule has 2 aliphatic rings. The summed E-state index contributed by atoms with van der Waals surface area (Å²) in [7, 11) is 0. The van der Waals surface area contributed by atoms with Crippen LogP contribution in [0.4, 0.5) is 9.18 Å². The highest BCUT2D eigenvalue weighted by molar-refractivity contribution is 8.18. The van der Waals surface area contributed by atoms with Gasteiger partial charge in [-0.05, 0) is 55.4 Å². The molecule has 0 bridgehead atoms. The summed E-state index contributed by atoms with van der Waals surface area (Å²) in [6, 6.07) is 13.0. The Morgan fingerprint density at radius 3 is 2.56 bits per heavy atom. The summed E-state index contributed by atoms with van der Waals surface area (Å²) in [6.45, 7) is 4.78. The van der Waals surface area contributed by atoms with Gasteiger partial charge in [0.05, 0.1) is 23.7 Å². The van der Waals surface area contributed by atoms with E-state index in [0.717, 1.165) is 16.7 Å². The molecule has 0 unspecified atom stereocenters. The summed E-state index contributed by atoms with van der Waals surface area (Å²) in [5, 5.41) is -0.451. The Hall–Kier alpha value is -2.97. The van der Waals surface area contributed by atoms with Crippen molar-refractivity contribution >= 4 is 34.9 Å². The SMILES string of the molecule is C[C@@H]1CN(C(=O)c2cccc(/C=C3\SC(=O)N(Cc4ccccc4F)C3=O)c2)C[C@H](C)O1. The van der Waals surface area contributed by atoms with Crippen molar-refractivity contribution < 1.29 is 23.5 Å².